The average molecular weight is 238 g/mol. The van der Waals surface area contributed by atoms with Crippen LogP contribution in [-0.4, -0.2) is 32.0 Å². The maximum Gasteiger partial charge on any atom is 0.150 e. The van der Waals surface area contributed by atoms with Gasteiger partial charge in [0.1, 0.15) is 5.82 Å². The summed E-state index contributed by atoms with van der Waals surface area (Å²) in [6.45, 7) is 4.21. The molecule has 0 spiro atoms. The summed E-state index contributed by atoms with van der Waals surface area (Å²) in [5.41, 5.74) is 5.68. The Bertz CT molecular complexity index is 390. The Morgan fingerprint density at radius 2 is 2.24 bits per heavy atom. The standard InChI is InChI=1S/C12H22N4O/c1-3-10-14-11(4-2)16(15-10)9-5-6-12(13,7-9)8-17/h9,17H,3-8,13H2,1-2H3. The highest BCUT2D eigenvalue weighted by Gasteiger charge is 2.37. The fraction of sp³-hybridized carbons (Fsp3) is 0.833. The van der Waals surface area contributed by atoms with E-state index >= 15 is 0 Å². The lowest BCUT2D eigenvalue weighted by atomic mass is 10.0. The van der Waals surface area contributed by atoms with Crippen LogP contribution < -0.4 is 5.73 Å². The molecule has 0 saturated heterocycles. The average Bonchev–Trinajstić information content (AvgIpc) is 2.93. The molecular formula is C12H22N4O. The molecule has 1 heterocycles. The topological polar surface area (TPSA) is 77.0 Å². The molecule has 2 unspecified atom stereocenters. The molecule has 0 aromatic carbocycles. The van der Waals surface area contributed by atoms with Crippen LogP contribution in [0.2, 0.25) is 0 Å². The number of nitrogens with two attached hydrogens (primary N) is 1. The van der Waals surface area contributed by atoms with Crippen molar-refractivity contribution in [3.63, 3.8) is 0 Å². The molecule has 5 nitrogen and oxygen atoms in total. The summed E-state index contributed by atoms with van der Waals surface area (Å²) < 4.78 is 2.03. The number of hydrogen-bond donors (Lipinski definition) is 2. The molecule has 1 aromatic heterocycles. The first kappa shape index (κ1) is 12.5. The van der Waals surface area contributed by atoms with Gasteiger partial charge in [0.05, 0.1) is 12.6 Å². The van der Waals surface area contributed by atoms with Crippen LogP contribution in [0.4, 0.5) is 0 Å². The van der Waals surface area contributed by atoms with Gasteiger partial charge in [0.15, 0.2) is 5.82 Å². The zero-order chi connectivity index (χ0) is 12.5. The molecule has 96 valence electrons. The van der Waals surface area contributed by atoms with Gasteiger partial charge in [-0.3, -0.25) is 0 Å². The van der Waals surface area contributed by atoms with Crippen molar-refractivity contribution >= 4 is 0 Å². The number of aliphatic hydroxyl groups is 1. The number of aryl methyl sites for hydroxylation is 2. The number of nitrogens with zero attached hydrogens (tertiary/aromatic N) is 3. The van der Waals surface area contributed by atoms with E-state index in [-0.39, 0.29) is 6.61 Å². The maximum atomic E-state index is 9.30. The van der Waals surface area contributed by atoms with Gasteiger partial charge in [-0.1, -0.05) is 13.8 Å². The fourth-order valence-corrected chi connectivity index (χ4v) is 2.57. The highest BCUT2D eigenvalue weighted by atomic mass is 16.3. The van der Waals surface area contributed by atoms with E-state index in [0.717, 1.165) is 43.8 Å². The SMILES string of the molecule is CCc1nc(CC)n(C2CCC(N)(CO)C2)n1. The Balaban J connectivity index is 2.20. The molecule has 0 radical (unpaired) electrons. The predicted octanol–water partition coefficient (Wildman–Crippen LogP) is 0.818. The van der Waals surface area contributed by atoms with E-state index in [1.165, 1.54) is 0 Å². The van der Waals surface area contributed by atoms with E-state index in [9.17, 15) is 5.11 Å². The third-order valence-corrected chi connectivity index (χ3v) is 3.66. The van der Waals surface area contributed by atoms with E-state index in [0.29, 0.717) is 6.04 Å². The first-order valence-corrected chi connectivity index (χ1v) is 6.46. The molecule has 0 amide bonds. The molecule has 17 heavy (non-hydrogen) atoms. The Labute approximate surface area is 102 Å². The highest BCUT2D eigenvalue weighted by molar-refractivity contribution is 5.01. The highest BCUT2D eigenvalue weighted by Crippen LogP contribution is 2.36. The summed E-state index contributed by atoms with van der Waals surface area (Å²) in [4.78, 5) is 4.51. The summed E-state index contributed by atoms with van der Waals surface area (Å²) in [6.07, 6.45) is 4.39. The van der Waals surface area contributed by atoms with Crippen molar-refractivity contribution in [3.05, 3.63) is 11.6 Å². The van der Waals surface area contributed by atoms with Crippen molar-refractivity contribution in [2.24, 2.45) is 5.73 Å². The van der Waals surface area contributed by atoms with E-state index in [1.54, 1.807) is 0 Å². The van der Waals surface area contributed by atoms with Gasteiger partial charge in [0.2, 0.25) is 0 Å². The summed E-state index contributed by atoms with van der Waals surface area (Å²) in [7, 11) is 0. The van der Waals surface area contributed by atoms with Crippen LogP contribution in [0.15, 0.2) is 0 Å². The molecule has 1 aromatic rings. The second-order valence-electron chi connectivity index (χ2n) is 5.01. The van der Waals surface area contributed by atoms with Crippen molar-refractivity contribution in [1.82, 2.24) is 14.8 Å². The van der Waals surface area contributed by atoms with E-state index in [2.05, 4.69) is 23.9 Å². The second-order valence-corrected chi connectivity index (χ2v) is 5.01. The zero-order valence-electron chi connectivity index (χ0n) is 10.7. The van der Waals surface area contributed by atoms with Crippen LogP contribution in [0.3, 0.4) is 0 Å². The number of rotatable bonds is 4. The van der Waals surface area contributed by atoms with Gasteiger partial charge in [0, 0.05) is 18.4 Å². The van der Waals surface area contributed by atoms with Gasteiger partial charge >= 0.3 is 0 Å². The minimum atomic E-state index is -0.423. The Morgan fingerprint density at radius 3 is 2.76 bits per heavy atom. The molecule has 1 fully saturated rings. The summed E-state index contributed by atoms with van der Waals surface area (Å²) in [6, 6.07) is 0.301. The summed E-state index contributed by atoms with van der Waals surface area (Å²) >= 11 is 0. The van der Waals surface area contributed by atoms with Crippen LogP contribution in [0.1, 0.15) is 50.8 Å². The number of aromatic nitrogens is 3. The van der Waals surface area contributed by atoms with Crippen molar-refractivity contribution in [3.8, 4) is 0 Å². The first-order chi connectivity index (χ1) is 8.11. The van der Waals surface area contributed by atoms with Crippen LogP contribution in [-0.2, 0) is 12.8 Å². The molecule has 5 heteroatoms. The smallest absolute Gasteiger partial charge is 0.150 e. The molecule has 1 aliphatic carbocycles. The van der Waals surface area contributed by atoms with Gasteiger partial charge in [-0.05, 0) is 19.3 Å². The maximum absolute atomic E-state index is 9.30. The molecule has 0 aliphatic heterocycles. The molecule has 0 bridgehead atoms. The van der Waals surface area contributed by atoms with Crippen LogP contribution in [0, 0.1) is 0 Å². The minimum Gasteiger partial charge on any atom is -0.394 e. The normalized spacial score (nSPS) is 28.8. The summed E-state index contributed by atoms with van der Waals surface area (Å²) in [5.74, 6) is 1.94. The first-order valence-electron chi connectivity index (χ1n) is 6.46. The molecule has 2 rings (SSSR count). The fourth-order valence-electron chi connectivity index (χ4n) is 2.57. The molecule has 2 atom stereocenters. The molecule has 1 saturated carbocycles. The Morgan fingerprint density at radius 1 is 1.47 bits per heavy atom. The van der Waals surface area contributed by atoms with Crippen molar-refractivity contribution in [1.29, 1.82) is 0 Å². The predicted molar refractivity (Wildman–Crippen MR) is 65.7 cm³/mol. The lowest BCUT2D eigenvalue weighted by Crippen LogP contribution is -2.41. The lowest BCUT2D eigenvalue weighted by Gasteiger charge is -2.21. The Kier molecular flexibility index (Phi) is 3.49. The molecular weight excluding hydrogens is 216 g/mol. The van der Waals surface area contributed by atoms with Crippen molar-refractivity contribution in [2.45, 2.75) is 57.5 Å². The quantitative estimate of drug-likeness (QED) is 0.814. The van der Waals surface area contributed by atoms with Gasteiger partial charge in [0.25, 0.3) is 0 Å². The van der Waals surface area contributed by atoms with Gasteiger partial charge in [-0.15, -0.1) is 0 Å². The largest absolute Gasteiger partial charge is 0.394 e. The van der Waals surface area contributed by atoms with Crippen LogP contribution in [0.5, 0.6) is 0 Å². The third-order valence-electron chi connectivity index (χ3n) is 3.66. The number of hydrogen-bond acceptors (Lipinski definition) is 4. The van der Waals surface area contributed by atoms with Crippen LogP contribution in [0.25, 0.3) is 0 Å². The number of aliphatic hydroxyl groups excluding tert-OH is 1. The van der Waals surface area contributed by atoms with Gasteiger partial charge in [-0.2, -0.15) is 5.10 Å². The van der Waals surface area contributed by atoms with Gasteiger partial charge < -0.3 is 10.8 Å². The molecule has 3 N–H and O–H groups in total. The lowest BCUT2D eigenvalue weighted by molar-refractivity contribution is 0.194. The summed E-state index contributed by atoms with van der Waals surface area (Å²) in [5, 5.41) is 13.8. The Hall–Kier alpha value is -0.940. The van der Waals surface area contributed by atoms with Crippen molar-refractivity contribution < 1.29 is 5.11 Å². The monoisotopic (exact) mass is 238 g/mol. The van der Waals surface area contributed by atoms with Crippen molar-refractivity contribution in [2.75, 3.05) is 6.61 Å². The zero-order valence-corrected chi connectivity index (χ0v) is 10.7. The van der Waals surface area contributed by atoms with E-state index < -0.39 is 5.54 Å². The third kappa shape index (κ3) is 2.35. The van der Waals surface area contributed by atoms with Gasteiger partial charge in [-0.25, -0.2) is 9.67 Å². The van der Waals surface area contributed by atoms with E-state index in [4.69, 9.17) is 5.73 Å². The van der Waals surface area contributed by atoms with Crippen LogP contribution >= 0.6 is 0 Å². The minimum absolute atomic E-state index is 0.0558. The van der Waals surface area contributed by atoms with E-state index in [1.807, 2.05) is 4.68 Å². The second kappa shape index (κ2) is 4.74. The molecule has 1 aliphatic rings.